The molecule has 1 aromatic carbocycles. The van der Waals surface area contributed by atoms with Gasteiger partial charge in [0.25, 0.3) is 0 Å². The molecule has 0 atom stereocenters. The molecule has 0 unspecified atom stereocenters. The van der Waals surface area contributed by atoms with Crippen LogP contribution in [-0.2, 0) is 0 Å². The molecule has 0 spiro atoms. The molecule has 3 heteroatoms. The van der Waals surface area contributed by atoms with Crippen molar-refractivity contribution in [3.63, 3.8) is 0 Å². The lowest BCUT2D eigenvalue weighted by Gasteiger charge is -2.10. The van der Waals surface area contributed by atoms with E-state index in [1.807, 2.05) is 12.1 Å². The largest absolute Gasteiger partial charge is 0.493 e. The van der Waals surface area contributed by atoms with E-state index in [0.717, 1.165) is 0 Å². The first-order chi connectivity index (χ1) is 6.76. The third kappa shape index (κ3) is 1.55. The van der Waals surface area contributed by atoms with E-state index >= 15 is 0 Å². The van der Waals surface area contributed by atoms with E-state index in [2.05, 4.69) is 11.8 Å². The number of methoxy groups -OCH3 is 1. The Kier molecular flexibility index (Phi) is 2.33. The van der Waals surface area contributed by atoms with E-state index in [0.29, 0.717) is 17.4 Å². The number of hydrogen-bond acceptors (Lipinski definition) is 3. The lowest BCUT2D eigenvalue weighted by molar-refractivity contribution is -0.139. The van der Waals surface area contributed by atoms with Gasteiger partial charge in [0, 0.05) is 0 Å². The summed E-state index contributed by atoms with van der Waals surface area (Å²) >= 11 is 0. The van der Waals surface area contributed by atoms with E-state index in [1.165, 1.54) is 24.0 Å². The first kappa shape index (κ1) is 9.34. The number of ether oxygens (including phenoxy) is 1. The van der Waals surface area contributed by atoms with Gasteiger partial charge in [0.1, 0.15) is 0 Å². The van der Waals surface area contributed by atoms with Crippen LogP contribution in [0.4, 0.5) is 0 Å². The summed E-state index contributed by atoms with van der Waals surface area (Å²) in [5.41, 5.74) is 2.46. The number of hydrogen-bond donors (Lipinski definition) is 1. The Morgan fingerprint density at radius 1 is 1.29 bits per heavy atom. The van der Waals surface area contributed by atoms with Gasteiger partial charge in [-0.2, -0.15) is 0 Å². The summed E-state index contributed by atoms with van der Waals surface area (Å²) in [7, 11) is 1.56. The molecule has 1 aliphatic rings. The standard InChI is InChI=1S/C11H14O3/c1-7-5-10(13-2)11(14-12)6-9(7)8-3-4-8/h5-6,8,12H,3-4H2,1-2H3. The Morgan fingerprint density at radius 3 is 2.50 bits per heavy atom. The molecule has 0 bridgehead atoms. The highest BCUT2D eigenvalue weighted by atomic mass is 17.1. The quantitative estimate of drug-likeness (QED) is 0.594. The Morgan fingerprint density at radius 2 is 2.00 bits per heavy atom. The molecule has 76 valence electrons. The number of aryl methyl sites for hydroxylation is 1. The Balaban J connectivity index is 2.42. The first-order valence-electron chi connectivity index (χ1n) is 4.76. The summed E-state index contributed by atoms with van der Waals surface area (Å²) in [5, 5.41) is 8.69. The van der Waals surface area contributed by atoms with Crippen molar-refractivity contribution >= 4 is 0 Å². The molecule has 0 saturated heterocycles. The molecular formula is C11H14O3. The summed E-state index contributed by atoms with van der Waals surface area (Å²) in [6, 6.07) is 3.77. The van der Waals surface area contributed by atoms with Crippen LogP contribution in [0.5, 0.6) is 11.5 Å². The van der Waals surface area contributed by atoms with E-state index in [9.17, 15) is 0 Å². The van der Waals surface area contributed by atoms with Gasteiger partial charge < -0.3 is 9.62 Å². The van der Waals surface area contributed by atoms with Gasteiger partial charge in [-0.25, -0.2) is 5.26 Å². The molecule has 1 aliphatic carbocycles. The van der Waals surface area contributed by atoms with Gasteiger partial charge in [0.2, 0.25) is 5.75 Å². The first-order valence-corrected chi connectivity index (χ1v) is 4.76. The van der Waals surface area contributed by atoms with Crippen molar-refractivity contribution in [2.75, 3.05) is 7.11 Å². The fraction of sp³-hybridized carbons (Fsp3) is 0.455. The van der Waals surface area contributed by atoms with Crippen LogP contribution in [-0.4, -0.2) is 12.4 Å². The molecule has 1 aromatic rings. The lowest BCUT2D eigenvalue weighted by atomic mass is 10.0. The molecular weight excluding hydrogens is 180 g/mol. The highest BCUT2D eigenvalue weighted by Gasteiger charge is 2.26. The normalized spacial score (nSPS) is 15.4. The van der Waals surface area contributed by atoms with Crippen molar-refractivity contribution < 1.29 is 14.9 Å². The predicted octanol–water partition coefficient (Wildman–Crippen LogP) is 2.73. The minimum absolute atomic E-state index is 0.403. The monoisotopic (exact) mass is 194 g/mol. The third-order valence-corrected chi connectivity index (χ3v) is 2.67. The molecule has 1 fully saturated rings. The smallest absolute Gasteiger partial charge is 0.207 e. The van der Waals surface area contributed by atoms with Crippen LogP contribution in [0, 0.1) is 6.92 Å². The van der Waals surface area contributed by atoms with E-state index in [4.69, 9.17) is 9.99 Å². The van der Waals surface area contributed by atoms with Crippen molar-refractivity contribution in [1.82, 2.24) is 0 Å². The zero-order chi connectivity index (χ0) is 10.1. The van der Waals surface area contributed by atoms with Crippen molar-refractivity contribution in [2.45, 2.75) is 25.7 Å². The van der Waals surface area contributed by atoms with E-state index in [-0.39, 0.29) is 0 Å². The summed E-state index contributed by atoms with van der Waals surface area (Å²) in [4.78, 5) is 4.28. The molecule has 0 radical (unpaired) electrons. The number of benzene rings is 1. The fourth-order valence-corrected chi connectivity index (χ4v) is 1.74. The minimum atomic E-state index is 0.403. The average molecular weight is 194 g/mol. The van der Waals surface area contributed by atoms with Crippen molar-refractivity contribution in [1.29, 1.82) is 0 Å². The molecule has 0 heterocycles. The fourth-order valence-electron chi connectivity index (χ4n) is 1.74. The van der Waals surface area contributed by atoms with Crippen molar-refractivity contribution in [3.05, 3.63) is 23.3 Å². The van der Waals surface area contributed by atoms with Gasteiger partial charge in [-0.3, -0.25) is 0 Å². The highest BCUT2D eigenvalue weighted by molar-refractivity contribution is 5.48. The summed E-state index contributed by atoms with van der Waals surface area (Å²) < 4.78 is 5.09. The molecule has 0 aromatic heterocycles. The summed E-state index contributed by atoms with van der Waals surface area (Å²) in [5.74, 6) is 1.63. The second-order valence-corrected chi connectivity index (χ2v) is 3.73. The Bertz CT molecular complexity index is 343. The zero-order valence-electron chi connectivity index (χ0n) is 8.41. The molecule has 0 aliphatic heterocycles. The molecule has 3 nitrogen and oxygen atoms in total. The lowest BCUT2D eigenvalue weighted by Crippen LogP contribution is -1.95. The van der Waals surface area contributed by atoms with Gasteiger partial charge in [-0.05, 0) is 48.9 Å². The maximum absolute atomic E-state index is 8.69. The Hall–Kier alpha value is -1.22. The molecule has 0 amide bonds. The van der Waals surface area contributed by atoms with Crippen LogP contribution < -0.4 is 9.62 Å². The van der Waals surface area contributed by atoms with Crippen LogP contribution in [0.15, 0.2) is 12.1 Å². The topological polar surface area (TPSA) is 38.7 Å². The number of rotatable bonds is 3. The molecule has 1 N–H and O–H groups in total. The average Bonchev–Trinajstić information content (AvgIpc) is 3.01. The Labute approximate surface area is 83.2 Å². The van der Waals surface area contributed by atoms with E-state index < -0.39 is 0 Å². The van der Waals surface area contributed by atoms with E-state index in [1.54, 1.807) is 7.11 Å². The van der Waals surface area contributed by atoms with Crippen LogP contribution in [0.25, 0.3) is 0 Å². The van der Waals surface area contributed by atoms with Crippen LogP contribution in [0.1, 0.15) is 29.9 Å². The van der Waals surface area contributed by atoms with Gasteiger partial charge in [0.15, 0.2) is 5.75 Å². The minimum Gasteiger partial charge on any atom is -0.493 e. The molecule has 2 rings (SSSR count). The molecule has 14 heavy (non-hydrogen) atoms. The zero-order valence-corrected chi connectivity index (χ0v) is 8.41. The van der Waals surface area contributed by atoms with Crippen LogP contribution >= 0.6 is 0 Å². The van der Waals surface area contributed by atoms with Crippen LogP contribution in [0.2, 0.25) is 0 Å². The van der Waals surface area contributed by atoms with Crippen LogP contribution in [0.3, 0.4) is 0 Å². The maximum atomic E-state index is 8.69. The predicted molar refractivity (Wildman–Crippen MR) is 53.0 cm³/mol. The molecule has 1 saturated carbocycles. The second kappa shape index (κ2) is 3.50. The van der Waals surface area contributed by atoms with Gasteiger partial charge in [0.05, 0.1) is 7.11 Å². The van der Waals surface area contributed by atoms with Crippen molar-refractivity contribution in [3.8, 4) is 11.5 Å². The van der Waals surface area contributed by atoms with Gasteiger partial charge >= 0.3 is 0 Å². The SMILES string of the molecule is COc1cc(C)c(C2CC2)cc1OO. The van der Waals surface area contributed by atoms with Crippen molar-refractivity contribution in [2.24, 2.45) is 0 Å². The maximum Gasteiger partial charge on any atom is 0.207 e. The highest BCUT2D eigenvalue weighted by Crippen LogP contribution is 2.44. The van der Waals surface area contributed by atoms with Gasteiger partial charge in [-0.15, -0.1) is 0 Å². The third-order valence-electron chi connectivity index (χ3n) is 2.67. The summed E-state index contributed by atoms with van der Waals surface area (Å²) in [6.07, 6.45) is 2.47. The van der Waals surface area contributed by atoms with Gasteiger partial charge in [-0.1, -0.05) is 0 Å². The summed E-state index contributed by atoms with van der Waals surface area (Å²) in [6.45, 7) is 2.05. The second-order valence-electron chi connectivity index (χ2n) is 3.73.